The van der Waals surface area contributed by atoms with Crippen LogP contribution in [0.4, 0.5) is 18.0 Å². The highest BCUT2D eigenvalue weighted by Crippen LogP contribution is 2.32. The molecule has 13 heteroatoms. The average Bonchev–Trinajstić information content (AvgIpc) is 3.11. The quantitative estimate of drug-likeness (QED) is 0.180. The van der Waals surface area contributed by atoms with Gasteiger partial charge in [-0.2, -0.15) is 4.31 Å². The molecule has 1 aliphatic heterocycles. The van der Waals surface area contributed by atoms with Gasteiger partial charge in [-0.05, 0) is 96.6 Å². The van der Waals surface area contributed by atoms with Crippen molar-refractivity contribution < 1.29 is 40.7 Å². The zero-order valence-corrected chi connectivity index (χ0v) is 29.3. The highest BCUT2D eigenvalue weighted by atomic mass is 32.2. The smallest absolute Gasteiger partial charge is 0.407 e. The summed E-state index contributed by atoms with van der Waals surface area (Å²) >= 11 is 0. The number of nitrogens with one attached hydrogen (secondary N) is 2. The largest absolute Gasteiger partial charge is 0.497 e. The predicted molar refractivity (Wildman–Crippen MR) is 186 cm³/mol. The summed E-state index contributed by atoms with van der Waals surface area (Å²) in [4.78, 5) is 26.9. The molecule has 5 rings (SSSR count). The summed E-state index contributed by atoms with van der Waals surface area (Å²) in [5.74, 6) is -2.86. The summed E-state index contributed by atoms with van der Waals surface area (Å²) in [5, 5.41) is 5.82. The van der Waals surface area contributed by atoms with Crippen molar-refractivity contribution in [2.75, 3.05) is 27.3 Å². The third-order valence-electron chi connectivity index (χ3n) is 9.11. The van der Waals surface area contributed by atoms with Crippen molar-refractivity contribution in [3.63, 3.8) is 0 Å². The number of methoxy groups -OCH3 is 2. The van der Waals surface area contributed by atoms with E-state index >= 15 is 4.39 Å². The van der Waals surface area contributed by atoms with E-state index in [2.05, 4.69) is 10.6 Å². The Balaban J connectivity index is 1.45. The molecule has 270 valence electrons. The summed E-state index contributed by atoms with van der Waals surface area (Å²) < 4.78 is 83.8. The second-order valence-corrected chi connectivity index (χ2v) is 14.3. The van der Waals surface area contributed by atoms with E-state index < -0.39 is 63.4 Å². The minimum absolute atomic E-state index is 0.0926. The van der Waals surface area contributed by atoms with Crippen LogP contribution in [0.1, 0.15) is 41.5 Å². The summed E-state index contributed by atoms with van der Waals surface area (Å²) in [6.45, 7) is 2.56. The first-order valence-electron chi connectivity index (χ1n) is 16.5. The van der Waals surface area contributed by atoms with Crippen molar-refractivity contribution in [1.29, 1.82) is 0 Å². The van der Waals surface area contributed by atoms with E-state index in [9.17, 15) is 26.8 Å². The van der Waals surface area contributed by atoms with Crippen molar-refractivity contribution in [1.82, 2.24) is 14.9 Å². The molecule has 0 bridgehead atoms. The van der Waals surface area contributed by atoms with Crippen LogP contribution in [0.15, 0.2) is 95.9 Å². The minimum atomic E-state index is -3.94. The Morgan fingerprint density at radius 3 is 2.12 bits per heavy atom. The van der Waals surface area contributed by atoms with Gasteiger partial charge >= 0.3 is 6.09 Å². The van der Waals surface area contributed by atoms with Gasteiger partial charge < -0.3 is 20.1 Å². The highest BCUT2D eigenvalue weighted by molar-refractivity contribution is 7.89. The van der Waals surface area contributed by atoms with Crippen LogP contribution in [0.5, 0.6) is 5.75 Å². The maximum Gasteiger partial charge on any atom is 0.407 e. The molecule has 0 radical (unpaired) electrons. The van der Waals surface area contributed by atoms with Gasteiger partial charge in [0, 0.05) is 37.5 Å². The van der Waals surface area contributed by atoms with Crippen LogP contribution in [0.25, 0.3) is 0 Å². The van der Waals surface area contributed by atoms with Crippen molar-refractivity contribution in [2.24, 2.45) is 0 Å². The Morgan fingerprint density at radius 1 is 0.902 bits per heavy atom. The molecule has 0 spiro atoms. The molecule has 51 heavy (non-hydrogen) atoms. The van der Waals surface area contributed by atoms with Gasteiger partial charge in [-0.25, -0.2) is 26.4 Å². The van der Waals surface area contributed by atoms with Gasteiger partial charge in [0.15, 0.2) is 5.78 Å². The van der Waals surface area contributed by atoms with E-state index in [-0.39, 0.29) is 29.7 Å². The lowest BCUT2D eigenvalue weighted by molar-refractivity contribution is -0.120. The van der Waals surface area contributed by atoms with Crippen molar-refractivity contribution in [3.8, 4) is 5.75 Å². The molecule has 3 atom stereocenters. The number of hydrogen-bond donors (Lipinski definition) is 2. The molecule has 1 fully saturated rings. The van der Waals surface area contributed by atoms with Crippen LogP contribution in [0.3, 0.4) is 0 Å². The number of sulfonamides is 1. The molecule has 1 amide bonds. The molecular formula is C38H40F3N3O6S. The Bertz CT molecular complexity index is 1920. The lowest BCUT2D eigenvalue weighted by Gasteiger charge is -2.40. The van der Waals surface area contributed by atoms with Crippen LogP contribution in [0.2, 0.25) is 0 Å². The molecule has 0 saturated carbocycles. The van der Waals surface area contributed by atoms with E-state index in [1.54, 1.807) is 37.3 Å². The van der Waals surface area contributed by atoms with E-state index in [4.69, 9.17) is 9.47 Å². The van der Waals surface area contributed by atoms with Crippen LogP contribution in [0, 0.1) is 17.5 Å². The number of amides is 1. The lowest BCUT2D eigenvalue weighted by Crippen LogP contribution is -2.58. The molecular weight excluding hydrogens is 683 g/mol. The molecule has 4 aromatic rings. The third-order valence-corrected chi connectivity index (χ3v) is 11.2. The van der Waals surface area contributed by atoms with Gasteiger partial charge in [0.05, 0.1) is 19.1 Å². The molecule has 2 N–H and O–H groups in total. The second kappa shape index (κ2) is 16.5. The lowest BCUT2D eigenvalue weighted by atomic mass is 9.81. The molecule has 0 aromatic heterocycles. The monoisotopic (exact) mass is 723 g/mol. The van der Waals surface area contributed by atoms with Gasteiger partial charge in [0.1, 0.15) is 29.2 Å². The topological polar surface area (TPSA) is 114 Å². The van der Waals surface area contributed by atoms with Gasteiger partial charge in [-0.3, -0.25) is 4.79 Å². The molecule has 0 aliphatic carbocycles. The first-order valence-corrected chi connectivity index (χ1v) is 17.9. The molecule has 1 heterocycles. The maximum absolute atomic E-state index is 15.6. The number of carbonyl (C=O) groups is 2. The molecule has 0 unspecified atom stereocenters. The van der Waals surface area contributed by atoms with Gasteiger partial charge in [-0.15, -0.1) is 0 Å². The van der Waals surface area contributed by atoms with E-state index in [1.165, 1.54) is 72.1 Å². The first-order chi connectivity index (χ1) is 24.4. The van der Waals surface area contributed by atoms with Crippen LogP contribution >= 0.6 is 0 Å². The predicted octanol–water partition coefficient (Wildman–Crippen LogP) is 5.76. The number of Topliss-reactive ketones (excluding diaryl/α,β-unsaturated/α-hetero) is 1. The molecule has 1 saturated heterocycles. The fourth-order valence-electron chi connectivity index (χ4n) is 6.70. The summed E-state index contributed by atoms with van der Waals surface area (Å²) in [6.07, 6.45) is -0.970. The number of rotatable bonds is 13. The summed E-state index contributed by atoms with van der Waals surface area (Å²) in [5.41, 5.74) is 1.14. The van der Waals surface area contributed by atoms with Crippen molar-refractivity contribution in [3.05, 3.63) is 131 Å². The standard InChI is InChI=1S/C38H40F3N3O6S/c1-24-22-42-23-30(44(24)51(47,48)32-16-14-31(49-2)15-17-32)13-18-33-25(7-6-12-34(33)41)21-35(45)37(43-38(46)50-3)36(26-8-4-10-28(39)19-26)27-9-5-11-29(40)20-27/h4-12,14-17,19-20,24,30,36-37,42H,13,18,21-23H2,1-3H3,(H,43,46)/t24-,30-,37+/m0/s1. The summed E-state index contributed by atoms with van der Waals surface area (Å²) in [7, 11) is -1.32. The Hall–Kier alpha value is -4.72. The minimum Gasteiger partial charge on any atom is -0.497 e. The number of halogens is 3. The van der Waals surface area contributed by atoms with E-state index in [0.29, 0.717) is 35.5 Å². The molecule has 9 nitrogen and oxygen atoms in total. The van der Waals surface area contributed by atoms with Crippen molar-refractivity contribution >= 4 is 21.9 Å². The molecule has 4 aromatic carbocycles. The Morgan fingerprint density at radius 2 is 1.53 bits per heavy atom. The zero-order chi connectivity index (χ0) is 36.7. The zero-order valence-electron chi connectivity index (χ0n) is 28.4. The van der Waals surface area contributed by atoms with Gasteiger partial charge in [0.2, 0.25) is 10.0 Å². The second-order valence-electron chi connectivity index (χ2n) is 12.4. The number of alkyl carbamates (subject to hydrolysis) is 1. The fraction of sp³-hybridized carbons (Fsp3) is 0.316. The molecule has 1 aliphatic rings. The van der Waals surface area contributed by atoms with Crippen LogP contribution < -0.4 is 15.4 Å². The van der Waals surface area contributed by atoms with Gasteiger partial charge in [0.25, 0.3) is 0 Å². The van der Waals surface area contributed by atoms with E-state index in [0.717, 1.165) is 7.11 Å². The third kappa shape index (κ3) is 8.78. The number of ketones is 1. The maximum atomic E-state index is 15.6. The van der Waals surface area contributed by atoms with Crippen molar-refractivity contribution in [2.45, 2.75) is 55.1 Å². The van der Waals surface area contributed by atoms with Gasteiger partial charge in [-0.1, -0.05) is 36.4 Å². The normalized spacial score (nSPS) is 17.2. The van der Waals surface area contributed by atoms with E-state index in [1.807, 2.05) is 0 Å². The SMILES string of the molecule is COC(=O)N[C@H](C(=O)Cc1cccc(F)c1CC[C@H]1CNC[C@H](C)N1S(=O)(=O)c1ccc(OC)cc1)C(c1cccc(F)c1)c1cccc(F)c1. The number of piperazine rings is 1. The number of carbonyl (C=O) groups excluding carboxylic acids is 2. The average molecular weight is 724 g/mol. The summed E-state index contributed by atoms with van der Waals surface area (Å²) in [6, 6.07) is 19.0. The number of ether oxygens (including phenoxy) is 2. The Kier molecular flexibility index (Phi) is 12.2. The Labute approximate surface area is 295 Å². The fourth-order valence-corrected chi connectivity index (χ4v) is 8.55. The number of hydrogen-bond acceptors (Lipinski definition) is 7. The number of benzene rings is 4. The first kappa shape index (κ1) is 37.5. The van der Waals surface area contributed by atoms with Crippen LogP contribution in [-0.2, 0) is 32.4 Å². The van der Waals surface area contributed by atoms with Crippen LogP contribution in [-0.4, -0.2) is 70.0 Å². The highest BCUT2D eigenvalue weighted by Gasteiger charge is 2.38. The number of nitrogens with zero attached hydrogens (tertiary/aromatic N) is 1.